The van der Waals surface area contributed by atoms with Gasteiger partial charge in [0.15, 0.2) is 5.58 Å². The van der Waals surface area contributed by atoms with Crippen LogP contribution in [0.3, 0.4) is 0 Å². The van der Waals surface area contributed by atoms with Crippen LogP contribution < -0.4 is 4.90 Å². The van der Waals surface area contributed by atoms with Crippen LogP contribution in [0.4, 0.5) is 17.1 Å². The van der Waals surface area contributed by atoms with E-state index in [0.29, 0.717) is 0 Å². The highest BCUT2D eigenvalue weighted by atomic mass is 16.3. The van der Waals surface area contributed by atoms with Crippen molar-refractivity contribution in [2.24, 2.45) is 0 Å². The average molecular weight is 769 g/mol. The first-order valence-corrected chi connectivity index (χ1v) is 20.3. The Kier molecular flexibility index (Phi) is 7.82. The van der Waals surface area contributed by atoms with Gasteiger partial charge in [-0.25, -0.2) is 0 Å². The summed E-state index contributed by atoms with van der Waals surface area (Å²) in [5, 5.41) is 5.57. The number of furan rings is 2. The molecule has 0 fully saturated rings. The molecule has 9 aromatic carbocycles. The summed E-state index contributed by atoms with van der Waals surface area (Å²) in [6.45, 7) is 0. The maximum Gasteiger partial charge on any atom is 0.213 e. The first-order chi connectivity index (χ1) is 29.8. The van der Waals surface area contributed by atoms with Gasteiger partial charge in [-0.2, -0.15) is 0 Å². The zero-order valence-electron chi connectivity index (χ0n) is 32.5. The summed E-state index contributed by atoms with van der Waals surface area (Å²) in [4.78, 5) is 2.32. The summed E-state index contributed by atoms with van der Waals surface area (Å²) >= 11 is 0. The van der Waals surface area contributed by atoms with Crippen molar-refractivity contribution in [3.8, 4) is 39.1 Å². The third kappa shape index (κ3) is 5.39. The number of hydrogen-bond donors (Lipinski definition) is 0. The van der Waals surface area contributed by atoms with Gasteiger partial charge in [0.2, 0.25) is 5.71 Å². The lowest BCUT2D eigenvalue weighted by molar-refractivity contribution is 0.645. The number of hydrogen-bond acceptors (Lipinski definition) is 3. The molecule has 12 aromatic rings. The maximum absolute atomic E-state index is 6.98. The minimum atomic E-state index is 0.841. The smallest absolute Gasteiger partial charge is 0.213 e. The molecule has 0 aliphatic heterocycles. The van der Waals surface area contributed by atoms with Crippen molar-refractivity contribution in [3.63, 3.8) is 0 Å². The molecule has 0 N–H and O–H groups in total. The molecular formula is C56H36N2O2. The van der Waals surface area contributed by atoms with E-state index in [9.17, 15) is 0 Å². The third-order valence-electron chi connectivity index (χ3n) is 11.8. The molecule has 0 atom stereocenters. The van der Waals surface area contributed by atoms with Gasteiger partial charge in [0.1, 0.15) is 11.2 Å². The summed E-state index contributed by atoms with van der Waals surface area (Å²) in [7, 11) is 0. The lowest BCUT2D eigenvalue weighted by Crippen LogP contribution is -2.10. The lowest BCUT2D eigenvalue weighted by atomic mass is 9.98. The Labute approximate surface area is 346 Å². The molecule has 0 radical (unpaired) electrons. The van der Waals surface area contributed by atoms with E-state index in [-0.39, 0.29) is 0 Å². The highest BCUT2D eigenvalue weighted by molar-refractivity contribution is 6.24. The second-order valence-corrected chi connectivity index (χ2v) is 15.2. The van der Waals surface area contributed by atoms with Crippen LogP contribution in [-0.2, 0) is 0 Å². The van der Waals surface area contributed by atoms with E-state index in [4.69, 9.17) is 8.83 Å². The summed E-state index contributed by atoms with van der Waals surface area (Å²) in [6, 6.07) is 77.1. The maximum atomic E-state index is 6.98. The molecule has 0 spiro atoms. The molecule has 0 aliphatic carbocycles. The van der Waals surface area contributed by atoms with Crippen LogP contribution in [0, 0.1) is 0 Å². The molecule has 12 rings (SSSR count). The van der Waals surface area contributed by atoms with Gasteiger partial charge in [0.05, 0.1) is 16.6 Å². The molecule has 282 valence electrons. The Bertz CT molecular complexity index is 3510. The fourth-order valence-electron chi connectivity index (χ4n) is 9.08. The summed E-state index contributed by atoms with van der Waals surface area (Å²) in [5.41, 5.74) is 15.5. The first-order valence-electron chi connectivity index (χ1n) is 20.3. The summed E-state index contributed by atoms with van der Waals surface area (Å²) in [5.74, 6) is 0. The largest absolute Gasteiger partial charge is 0.453 e. The molecule has 0 unspecified atom stereocenters. The normalized spacial score (nSPS) is 11.7. The van der Waals surface area contributed by atoms with E-state index >= 15 is 0 Å². The van der Waals surface area contributed by atoms with Crippen molar-refractivity contribution in [2.75, 3.05) is 4.90 Å². The lowest BCUT2D eigenvalue weighted by Gasteiger charge is -2.26. The molecule has 0 amide bonds. The number of fused-ring (bicyclic) bond motifs is 8. The van der Waals surface area contributed by atoms with Crippen molar-refractivity contribution in [2.45, 2.75) is 0 Å². The molecule has 60 heavy (non-hydrogen) atoms. The minimum absolute atomic E-state index is 0.841. The van der Waals surface area contributed by atoms with Crippen LogP contribution in [0.15, 0.2) is 227 Å². The van der Waals surface area contributed by atoms with Crippen LogP contribution >= 0.6 is 0 Å². The molecule has 3 heterocycles. The number of aromatic nitrogens is 1. The highest BCUT2D eigenvalue weighted by Crippen LogP contribution is 2.46. The average Bonchev–Trinajstić information content (AvgIpc) is 4.00. The second-order valence-electron chi connectivity index (χ2n) is 15.2. The highest BCUT2D eigenvalue weighted by Gasteiger charge is 2.24. The van der Waals surface area contributed by atoms with E-state index in [1.54, 1.807) is 0 Å². The molecule has 0 bridgehead atoms. The van der Waals surface area contributed by atoms with Gasteiger partial charge in [0.25, 0.3) is 0 Å². The van der Waals surface area contributed by atoms with Gasteiger partial charge >= 0.3 is 0 Å². The van der Waals surface area contributed by atoms with Crippen LogP contribution in [-0.4, -0.2) is 4.57 Å². The molecule has 0 saturated heterocycles. The number of rotatable bonds is 7. The van der Waals surface area contributed by atoms with E-state index < -0.39 is 0 Å². The van der Waals surface area contributed by atoms with E-state index in [1.165, 1.54) is 10.9 Å². The van der Waals surface area contributed by atoms with Crippen molar-refractivity contribution >= 4 is 72.0 Å². The predicted molar refractivity (Wildman–Crippen MR) is 249 cm³/mol. The Morgan fingerprint density at radius 1 is 0.350 bits per heavy atom. The summed E-state index contributed by atoms with van der Waals surface area (Å²) in [6.07, 6.45) is 0. The Morgan fingerprint density at radius 3 is 1.62 bits per heavy atom. The molecule has 4 nitrogen and oxygen atoms in total. The third-order valence-corrected chi connectivity index (χ3v) is 11.8. The zero-order valence-corrected chi connectivity index (χ0v) is 32.5. The second kappa shape index (κ2) is 13.8. The van der Waals surface area contributed by atoms with Gasteiger partial charge in [-0.05, 0) is 82.4 Å². The van der Waals surface area contributed by atoms with Crippen molar-refractivity contribution < 1.29 is 8.83 Å². The van der Waals surface area contributed by atoms with E-state index in [1.807, 2.05) is 12.1 Å². The van der Waals surface area contributed by atoms with Gasteiger partial charge in [-0.1, -0.05) is 164 Å². The van der Waals surface area contributed by atoms with Crippen molar-refractivity contribution in [3.05, 3.63) is 218 Å². The van der Waals surface area contributed by atoms with Crippen LogP contribution in [0.1, 0.15) is 0 Å². The van der Waals surface area contributed by atoms with E-state index in [0.717, 1.165) is 100 Å². The van der Waals surface area contributed by atoms with E-state index in [2.05, 4.69) is 216 Å². The Hall–Kier alpha value is -8.08. The number of benzene rings is 9. The first kappa shape index (κ1) is 34.0. The fourth-order valence-corrected chi connectivity index (χ4v) is 9.08. The molecule has 3 aromatic heterocycles. The van der Waals surface area contributed by atoms with Gasteiger partial charge in [-0.15, -0.1) is 0 Å². The molecule has 0 aliphatic rings. The van der Waals surface area contributed by atoms with Crippen LogP contribution in [0.2, 0.25) is 0 Å². The topological polar surface area (TPSA) is 34.5 Å². The summed E-state index contributed by atoms with van der Waals surface area (Å²) < 4.78 is 15.9. The van der Waals surface area contributed by atoms with Gasteiger partial charge < -0.3 is 13.7 Å². The van der Waals surface area contributed by atoms with Crippen molar-refractivity contribution in [1.82, 2.24) is 4.57 Å². The Morgan fingerprint density at radius 2 is 0.883 bits per heavy atom. The minimum Gasteiger partial charge on any atom is -0.453 e. The zero-order chi connectivity index (χ0) is 39.6. The number of nitrogens with zero attached hydrogens (tertiary/aromatic N) is 2. The monoisotopic (exact) mass is 768 g/mol. The fraction of sp³-hybridized carbons (Fsp3) is 0. The quantitative estimate of drug-likeness (QED) is 0.162. The Balaban J connectivity index is 1.04. The predicted octanol–water partition coefficient (Wildman–Crippen LogP) is 15.9. The molecule has 0 saturated carbocycles. The van der Waals surface area contributed by atoms with Crippen molar-refractivity contribution in [1.29, 1.82) is 0 Å². The van der Waals surface area contributed by atoms with Gasteiger partial charge in [0, 0.05) is 44.2 Å². The molecular weight excluding hydrogens is 733 g/mol. The van der Waals surface area contributed by atoms with Crippen LogP contribution in [0.5, 0.6) is 0 Å². The van der Waals surface area contributed by atoms with Gasteiger partial charge in [-0.3, -0.25) is 4.57 Å². The number of para-hydroxylation sites is 4. The van der Waals surface area contributed by atoms with Crippen LogP contribution in [0.25, 0.3) is 94.0 Å². The molecule has 4 heteroatoms. The standard InChI is InChI=1S/C56H36N2O2/c1-4-15-37(16-5-1)38-29-33-42(34-30-38)57(50-27-14-25-47-46-24-12-23-45(54(46)60-55(47)50)39-17-6-2-7-18-39)43-35-31-40(32-36-43)44-22-13-26-49-52(44)53-48-21-10-11-28-51(48)59-56(53)58(49)41-19-8-3-9-20-41/h1-36H. The number of anilines is 3. The SMILES string of the molecule is c1ccc(-c2ccc(N(c3ccc(-c4cccc5c4c4c6ccccc6oc4n5-c4ccccc4)cc3)c3cccc4c3oc3c(-c5ccccc5)cccc34)cc2)cc1.